The van der Waals surface area contributed by atoms with Crippen molar-refractivity contribution in [2.45, 2.75) is 55.6 Å². The molecular weight excluding hydrogens is 444 g/mol. The van der Waals surface area contributed by atoms with Gasteiger partial charge in [-0.05, 0) is 49.6 Å². The summed E-state index contributed by atoms with van der Waals surface area (Å²) < 4.78 is 7.37. The van der Waals surface area contributed by atoms with Gasteiger partial charge in [-0.1, -0.05) is 60.5 Å². The van der Waals surface area contributed by atoms with Crippen LogP contribution < -0.4 is 10.1 Å². The number of carbonyl (C=O) groups is 1. The summed E-state index contributed by atoms with van der Waals surface area (Å²) >= 11 is 7.90. The third-order valence-electron chi connectivity index (χ3n) is 5.75. The van der Waals surface area contributed by atoms with Crippen LogP contribution in [0, 0.1) is 0 Å². The Hall–Kier alpha value is -2.51. The van der Waals surface area contributed by atoms with Gasteiger partial charge in [0.1, 0.15) is 5.75 Å². The first-order valence-corrected chi connectivity index (χ1v) is 12.1. The van der Waals surface area contributed by atoms with Crippen molar-refractivity contribution >= 4 is 29.3 Å². The molecule has 1 atom stereocenters. The normalized spacial score (nSPS) is 15.0. The van der Waals surface area contributed by atoms with Crippen LogP contribution in [0.25, 0.3) is 11.4 Å². The van der Waals surface area contributed by atoms with Gasteiger partial charge in [-0.2, -0.15) is 0 Å². The lowest BCUT2D eigenvalue weighted by Gasteiger charge is -2.19. The number of ether oxygens (including phenoxy) is 1. The Balaban J connectivity index is 1.49. The van der Waals surface area contributed by atoms with E-state index in [0.29, 0.717) is 17.6 Å². The lowest BCUT2D eigenvalue weighted by Crippen LogP contribution is -2.30. The second-order valence-electron chi connectivity index (χ2n) is 7.92. The first-order valence-electron chi connectivity index (χ1n) is 10.8. The van der Waals surface area contributed by atoms with Crippen molar-refractivity contribution in [3.63, 3.8) is 0 Å². The zero-order valence-corrected chi connectivity index (χ0v) is 19.8. The number of amides is 1. The van der Waals surface area contributed by atoms with Crippen molar-refractivity contribution in [2.75, 3.05) is 7.11 Å². The van der Waals surface area contributed by atoms with Gasteiger partial charge in [0, 0.05) is 18.2 Å². The van der Waals surface area contributed by atoms with Crippen molar-refractivity contribution < 1.29 is 9.53 Å². The highest BCUT2D eigenvalue weighted by Crippen LogP contribution is 2.39. The predicted octanol–water partition coefficient (Wildman–Crippen LogP) is 5.52. The Morgan fingerprint density at radius 1 is 1.19 bits per heavy atom. The number of rotatable bonds is 8. The van der Waals surface area contributed by atoms with Crippen LogP contribution in [0.4, 0.5) is 0 Å². The molecule has 0 spiro atoms. The smallest absolute Gasteiger partial charge is 0.233 e. The van der Waals surface area contributed by atoms with Gasteiger partial charge in [0.15, 0.2) is 11.0 Å². The summed E-state index contributed by atoms with van der Waals surface area (Å²) in [5.74, 6) is 1.53. The molecule has 1 aliphatic rings. The number of aromatic nitrogens is 3. The van der Waals surface area contributed by atoms with Gasteiger partial charge in [-0.25, -0.2) is 0 Å². The SMILES string of the molecule is COc1ccc(CNC(=O)C(C)Sc2nnc(-c3ccccc3Cl)n2C2CCCC2)cc1. The van der Waals surface area contributed by atoms with Crippen molar-refractivity contribution in [1.29, 1.82) is 0 Å². The standard InChI is InChI=1S/C24H27ClN4O2S/c1-16(23(30)26-15-17-11-13-19(31-2)14-12-17)32-24-28-27-22(20-9-5-6-10-21(20)25)29(24)18-7-3-4-8-18/h5-6,9-14,16,18H,3-4,7-8,15H2,1-2H3,(H,26,30). The Morgan fingerprint density at radius 2 is 1.91 bits per heavy atom. The Labute approximate surface area is 197 Å². The van der Waals surface area contributed by atoms with Crippen LogP contribution in [0.15, 0.2) is 53.7 Å². The van der Waals surface area contributed by atoms with Crippen LogP contribution in [0.1, 0.15) is 44.2 Å². The summed E-state index contributed by atoms with van der Waals surface area (Å²) in [6.45, 7) is 2.37. The first kappa shape index (κ1) is 22.7. The van der Waals surface area contributed by atoms with Gasteiger partial charge in [0.25, 0.3) is 0 Å². The summed E-state index contributed by atoms with van der Waals surface area (Å²) in [6, 6.07) is 15.7. The molecule has 1 aliphatic carbocycles. The van der Waals surface area contributed by atoms with E-state index in [1.54, 1.807) is 7.11 Å². The molecule has 1 amide bonds. The van der Waals surface area contributed by atoms with Crippen LogP contribution >= 0.6 is 23.4 Å². The maximum absolute atomic E-state index is 12.8. The number of halogens is 1. The highest BCUT2D eigenvalue weighted by Gasteiger charge is 2.27. The molecule has 0 saturated heterocycles. The van der Waals surface area contributed by atoms with Crippen LogP contribution in [-0.4, -0.2) is 33.0 Å². The Morgan fingerprint density at radius 3 is 2.59 bits per heavy atom. The van der Waals surface area contributed by atoms with Gasteiger partial charge < -0.3 is 10.1 Å². The fourth-order valence-corrected chi connectivity index (χ4v) is 5.13. The van der Waals surface area contributed by atoms with E-state index in [4.69, 9.17) is 16.3 Å². The number of benzene rings is 2. The molecule has 3 aromatic rings. The molecule has 4 rings (SSSR count). The molecule has 168 valence electrons. The molecule has 32 heavy (non-hydrogen) atoms. The maximum atomic E-state index is 12.8. The highest BCUT2D eigenvalue weighted by molar-refractivity contribution is 8.00. The summed E-state index contributed by atoms with van der Waals surface area (Å²) in [7, 11) is 1.64. The summed E-state index contributed by atoms with van der Waals surface area (Å²) in [4.78, 5) is 12.8. The minimum atomic E-state index is -0.309. The van der Waals surface area contributed by atoms with Crippen molar-refractivity contribution in [3.05, 3.63) is 59.1 Å². The summed E-state index contributed by atoms with van der Waals surface area (Å²) in [5.41, 5.74) is 1.89. The number of carbonyl (C=O) groups excluding carboxylic acids is 1. The zero-order chi connectivity index (χ0) is 22.5. The molecule has 1 aromatic heterocycles. The molecule has 0 aliphatic heterocycles. The van der Waals surface area contributed by atoms with E-state index in [0.717, 1.165) is 40.7 Å². The minimum Gasteiger partial charge on any atom is -0.497 e. The quantitative estimate of drug-likeness (QED) is 0.439. The molecule has 1 heterocycles. The number of hydrogen-bond acceptors (Lipinski definition) is 5. The molecule has 0 bridgehead atoms. The lowest BCUT2D eigenvalue weighted by atomic mass is 10.2. The monoisotopic (exact) mass is 470 g/mol. The van der Waals surface area contributed by atoms with E-state index in [9.17, 15) is 4.79 Å². The lowest BCUT2D eigenvalue weighted by molar-refractivity contribution is -0.120. The molecule has 1 fully saturated rings. The fourth-order valence-electron chi connectivity index (χ4n) is 3.96. The van der Waals surface area contributed by atoms with E-state index >= 15 is 0 Å². The number of thioether (sulfide) groups is 1. The Kier molecular flexibility index (Phi) is 7.37. The van der Waals surface area contributed by atoms with Gasteiger partial charge in [0.05, 0.1) is 17.4 Å². The van der Waals surface area contributed by atoms with Crippen LogP contribution in [0.3, 0.4) is 0 Å². The van der Waals surface area contributed by atoms with Crippen molar-refractivity contribution in [2.24, 2.45) is 0 Å². The van der Waals surface area contributed by atoms with E-state index in [2.05, 4.69) is 20.1 Å². The fraction of sp³-hybridized carbons (Fsp3) is 0.375. The van der Waals surface area contributed by atoms with Crippen molar-refractivity contribution in [3.8, 4) is 17.1 Å². The van der Waals surface area contributed by atoms with E-state index in [1.165, 1.54) is 24.6 Å². The van der Waals surface area contributed by atoms with Crippen LogP contribution in [0.5, 0.6) is 5.75 Å². The summed E-state index contributed by atoms with van der Waals surface area (Å²) in [6.07, 6.45) is 4.54. The van der Waals surface area contributed by atoms with E-state index in [-0.39, 0.29) is 11.2 Å². The molecule has 8 heteroatoms. The number of nitrogens with zero attached hydrogens (tertiary/aromatic N) is 3. The van der Waals surface area contributed by atoms with Gasteiger partial charge in [-0.3, -0.25) is 9.36 Å². The third-order valence-corrected chi connectivity index (χ3v) is 7.13. The van der Waals surface area contributed by atoms with Gasteiger partial charge >= 0.3 is 0 Å². The highest BCUT2D eigenvalue weighted by atomic mass is 35.5. The molecule has 1 unspecified atom stereocenters. The third kappa shape index (κ3) is 5.10. The zero-order valence-electron chi connectivity index (χ0n) is 18.3. The predicted molar refractivity (Wildman–Crippen MR) is 128 cm³/mol. The molecular formula is C24H27ClN4O2S. The van der Waals surface area contributed by atoms with Gasteiger partial charge in [0.2, 0.25) is 5.91 Å². The van der Waals surface area contributed by atoms with Crippen molar-refractivity contribution in [1.82, 2.24) is 20.1 Å². The minimum absolute atomic E-state index is 0.0360. The van der Waals surface area contributed by atoms with Gasteiger partial charge in [-0.15, -0.1) is 10.2 Å². The average Bonchev–Trinajstić information content (AvgIpc) is 3.48. The maximum Gasteiger partial charge on any atom is 0.233 e. The largest absolute Gasteiger partial charge is 0.497 e. The number of nitrogens with one attached hydrogen (secondary N) is 1. The molecule has 0 radical (unpaired) electrons. The van der Waals surface area contributed by atoms with Crippen LogP contribution in [0.2, 0.25) is 5.02 Å². The Bertz CT molecular complexity index is 1060. The average molecular weight is 471 g/mol. The number of methoxy groups -OCH3 is 1. The molecule has 1 saturated carbocycles. The second-order valence-corrected chi connectivity index (χ2v) is 9.64. The first-order chi connectivity index (χ1) is 15.6. The van der Waals surface area contributed by atoms with E-state index in [1.807, 2.05) is 55.5 Å². The number of hydrogen-bond donors (Lipinski definition) is 1. The van der Waals surface area contributed by atoms with E-state index < -0.39 is 0 Å². The topological polar surface area (TPSA) is 69.0 Å². The van der Waals surface area contributed by atoms with Crippen LogP contribution in [-0.2, 0) is 11.3 Å². The molecule has 2 aromatic carbocycles. The summed E-state index contributed by atoms with van der Waals surface area (Å²) in [5, 5.41) is 13.1. The molecule has 1 N–H and O–H groups in total. The second kappa shape index (κ2) is 10.4. The molecule has 6 nitrogen and oxygen atoms in total.